The molecule has 1 aliphatic heterocycles. The SMILES string of the molecule is COc1ccc(-c2noc(N3CCC(C(=O)NCc4cccc(OC(C)C)c4)CC3)n2)cc1. The second-order valence-electron chi connectivity index (χ2n) is 8.42. The normalized spacial score (nSPS) is 14.4. The lowest BCUT2D eigenvalue weighted by atomic mass is 9.96. The van der Waals surface area contributed by atoms with Gasteiger partial charge in [-0.25, -0.2) is 0 Å². The number of anilines is 1. The van der Waals surface area contributed by atoms with Crippen molar-refractivity contribution in [2.24, 2.45) is 5.92 Å². The van der Waals surface area contributed by atoms with Crippen molar-refractivity contribution in [2.75, 3.05) is 25.1 Å². The van der Waals surface area contributed by atoms with Gasteiger partial charge in [-0.15, -0.1) is 0 Å². The van der Waals surface area contributed by atoms with Crippen molar-refractivity contribution < 1.29 is 18.8 Å². The van der Waals surface area contributed by atoms with Crippen LogP contribution in [0.5, 0.6) is 11.5 Å². The van der Waals surface area contributed by atoms with Gasteiger partial charge in [0.25, 0.3) is 0 Å². The standard InChI is InChI=1S/C25H30N4O4/c1-17(2)32-22-6-4-5-18(15-22)16-26-24(30)20-11-13-29(14-12-20)25-27-23(28-33-25)19-7-9-21(31-3)10-8-19/h4-10,15,17,20H,11-14,16H2,1-3H3,(H,26,30). The molecule has 0 radical (unpaired) electrons. The highest BCUT2D eigenvalue weighted by molar-refractivity contribution is 5.79. The molecule has 1 aromatic heterocycles. The summed E-state index contributed by atoms with van der Waals surface area (Å²) in [5, 5.41) is 7.17. The van der Waals surface area contributed by atoms with Crippen molar-refractivity contribution in [3.8, 4) is 22.9 Å². The van der Waals surface area contributed by atoms with Gasteiger partial charge in [0.15, 0.2) is 0 Å². The molecule has 1 aliphatic rings. The average Bonchev–Trinajstić information content (AvgIpc) is 3.33. The maximum atomic E-state index is 12.7. The lowest BCUT2D eigenvalue weighted by molar-refractivity contribution is -0.125. The minimum Gasteiger partial charge on any atom is -0.497 e. The zero-order chi connectivity index (χ0) is 23.2. The van der Waals surface area contributed by atoms with E-state index in [1.54, 1.807) is 7.11 Å². The van der Waals surface area contributed by atoms with Crippen LogP contribution in [0.4, 0.5) is 6.01 Å². The molecule has 1 N–H and O–H groups in total. The van der Waals surface area contributed by atoms with E-state index in [4.69, 9.17) is 14.0 Å². The Balaban J connectivity index is 1.27. The zero-order valence-electron chi connectivity index (χ0n) is 19.3. The maximum absolute atomic E-state index is 12.7. The predicted molar refractivity (Wildman–Crippen MR) is 125 cm³/mol. The Labute approximate surface area is 193 Å². The third kappa shape index (κ3) is 5.83. The molecule has 2 aromatic carbocycles. The third-order valence-electron chi connectivity index (χ3n) is 5.64. The molecule has 1 fully saturated rings. The first-order valence-corrected chi connectivity index (χ1v) is 11.3. The van der Waals surface area contributed by atoms with Gasteiger partial charge in [-0.1, -0.05) is 17.3 Å². The van der Waals surface area contributed by atoms with Gasteiger partial charge >= 0.3 is 6.01 Å². The first-order valence-electron chi connectivity index (χ1n) is 11.3. The lowest BCUT2D eigenvalue weighted by Crippen LogP contribution is -2.40. The maximum Gasteiger partial charge on any atom is 0.324 e. The number of carbonyl (C=O) groups excluding carboxylic acids is 1. The molecule has 0 bridgehead atoms. The quantitative estimate of drug-likeness (QED) is 0.553. The van der Waals surface area contributed by atoms with Crippen molar-refractivity contribution in [3.05, 3.63) is 54.1 Å². The Morgan fingerprint density at radius 3 is 2.61 bits per heavy atom. The molecule has 1 saturated heterocycles. The molecule has 3 aromatic rings. The number of piperidine rings is 1. The molecule has 4 rings (SSSR count). The predicted octanol–water partition coefficient (Wildman–Crippen LogP) is 4.07. The number of benzene rings is 2. The van der Waals surface area contributed by atoms with Crippen LogP contribution in [0, 0.1) is 5.92 Å². The summed E-state index contributed by atoms with van der Waals surface area (Å²) in [7, 11) is 1.63. The molecule has 1 amide bonds. The Morgan fingerprint density at radius 2 is 1.91 bits per heavy atom. The molecule has 0 atom stereocenters. The molecule has 8 heteroatoms. The number of carbonyl (C=O) groups is 1. The average molecular weight is 451 g/mol. The van der Waals surface area contributed by atoms with Crippen molar-refractivity contribution in [3.63, 3.8) is 0 Å². The van der Waals surface area contributed by atoms with E-state index in [2.05, 4.69) is 15.5 Å². The highest BCUT2D eigenvalue weighted by Gasteiger charge is 2.27. The zero-order valence-corrected chi connectivity index (χ0v) is 19.3. The van der Waals surface area contributed by atoms with E-state index in [0.29, 0.717) is 31.5 Å². The number of nitrogens with one attached hydrogen (secondary N) is 1. The molecule has 0 saturated carbocycles. The van der Waals surface area contributed by atoms with E-state index >= 15 is 0 Å². The van der Waals surface area contributed by atoms with Gasteiger partial charge in [0.1, 0.15) is 11.5 Å². The highest BCUT2D eigenvalue weighted by atomic mass is 16.5. The van der Waals surface area contributed by atoms with Crippen LogP contribution in [0.1, 0.15) is 32.3 Å². The second-order valence-corrected chi connectivity index (χ2v) is 8.42. The van der Waals surface area contributed by atoms with Crippen LogP contribution in [-0.2, 0) is 11.3 Å². The Bertz CT molecular complexity index is 1060. The van der Waals surface area contributed by atoms with Gasteiger partial charge in [0, 0.05) is 31.1 Å². The van der Waals surface area contributed by atoms with Crippen LogP contribution in [0.15, 0.2) is 53.1 Å². The van der Waals surface area contributed by atoms with Crippen molar-refractivity contribution >= 4 is 11.9 Å². The van der Waals surface area contributed by atoms with Gasteiger partial charge in [-0.2, -0.15) is 4.98 Å². The van der Waals surface area contributed by atoms with Crippen LogP contribution < -0.4 is 19.7 Å². The number of rotatable bonds is 8. The molecular formula is C25H30N4O4. The fourth-order valence-electron chi connectivity index (χ4n) is 3.87. The first kappa shape index (κ1) is 22.6. The van der Waals surface area contributed by atoms with Crippen LogP contribution in [0.2, 0.25) is 0 Å². The number of amides is 1. The van der Waals surface area contributed by atoms with Crippen LogP contribution >= 0.6 is 0 Å². The molecule has 2 heterocycles. The lowest BCUT2D eigenvalue weighted by Gasteiger charge is -2.29. The van der Waals surface area contributed by atoms with Crippen LogP contribution in [0.25, 0.3) is 11.4 Å². The first-order chi connectivity index (χ1) is 16.0. The van der Waals surface area contributed by atoms with E-state index < -0.39 is 0 Å². The van der Waals surface area contributed by atoms with Crippen molar-refractivity contribution in [1.82, 2.24) is 15.5 Å². The van der Waals surface area contributed by atoms with Gasteiger partial charge < -0.3 is 24.2 Å². The molecule has 33 heavy (non-hydrogen) atoms. The monoisotopic (exact) mass is 450 g/mol. The van der Waals surface area contributed by atoms with E-state index in [0.717, 1.165) is 35.5 Å². The van der Waals surface area contributed by atoms with Crippen molar-refractivity contribution in [2.45, 2.75) is 39.3 Å². The van der Waals surface area contributed by atoms with Gasteiger partial charge in [0.2, 0.25) is 11.7 Å². The topological polar surface area (TPSA) is 89.7 Å². The van der Waals surface area contributed by atoms with Crippen LogP contribution in [-0.4, -0.2) is 42.4 Å². The van der Waals surface area contributed by atoms with Crippen molar-refractivity contribution in [1.29, 1.82) is 0 Å². The summed E-state index contributed by atoms with van der Waals surface area (Å²) in [4.78, 5) is 19.3. The summed E-state index contributed by atoms with van der Waals surface area (Å²) >= 11 is 0. The van der Waals surface area contributed by atoms with Gasteiger partial charge in [-0.05, 0) is 68.7 Å². The molecular weight excluding hydrogens is 420 g/mol. The molecule has 0 unspecified atom stereocenters. The number of methoxy groups -OCH3 is 1. The van der Waals surface area contributed by atoms with E-state index in [9.17, 15) is 4.79 Å². The highest BCUT2D eigenvalue weighted by Crippen LogP contribution is 2.26. The fourth-order valence-corrected chi connectivity index (χ4v) is 3.87. The number of ether oxygens (including phenoxy) is 2. The number of aromatic nitrogens is 2. The number of hydrogen-bond donors (Lipinski definition) is 1. The smallest absolute Gasteiger partial charge is 0.324 e. The summed E-state index contributed by atoms with van der Waals surface area (Å²) in [6.45, 7) is 5.87. The Hall–Kier alpha value is -3.55. The summed E-state index contributed by atoms with van der Waals surface area (Å²) < 4.78 is 16.4. The largest absolute Gasteiger partial charge is 0.497 e. The molecule has 0 spiro atoms. The molecule has 174 valence electrons. The number of nitrogens with zero attached hydrogens (tertiary/aromatic N) is 3. The Kier molecular flexibility index (Phi) is 7.12. The number of hydrogen-bond acceptors (Lipinski definition) is 7. The van der Waals surface area contributed by atoms with E-state index in [1.807, 2.05) is 67.3 Å². The summed E-state index contributed by atoms with van der Waals surface area (Å²) in [6.07, 6.45) is 1.59. The third-order valence-corrected chi connectivity index (χ3v) is 5.64. The Morgan fingerprint density at radius 1 is 1.15 bits per heavy atom. The van der Waals surface area contributed by atoms with Crippen LogP contribution in [0.3, 0.4) is 0 Å². The fraction of sp³-hybridized carbons (Fsp3) is 0.400. The van der Waals surface area contributed by atoms with E-state index in [-0.39, 0.29) is 17.9 Å². The minimum atomic E-state index is -0.0275. The van der Waals surface area contributed by atoms with Gasteiger partial charge in [-0.3, -0.25) is 4.79 Å². The minimum absolute atomic E-state index is 0.0275. The molecule has 0 aliphatic carbocycles. The van der Waals surface area contributed by atoms with Gasteiger partial charge in [0.05, 0.1) is 13.2 Å². The van der Waals surface area contributed by atoms with E-state index in [1.165, 1.54) is 0 Å². The summed E-state index contributed by atoms with van der Waals surface area (Å²) in [5.74, 6) is 2.18. The summed E-state index contributed by atoms with van der Waals surface area (Å²) in [5.41, 5.74) is 1.89. The summed E-state index contributed by atoms with van der Waals surface area (Å²) in [6, 6.07) is 15.9. The second kappa shape index (κ2) is 10.4. The molecule has 8 nitrogen and oxygen atoms in total.